The first-order valence-electron chi connectivity index (χ1n) is 15.0. The summed E-state index contributed by atoms with van der Waals surface area (Å²) < 4.78 is 29.4. The Morgan fingerprint density at radius 1 is 0.867 bits per heavy atom. The Balaban J connectivity index is 1.26. The number of halogens is 3. The highest BCUT2D eigenvalue weighted by Crippen LogP contribution is 2.40. The largest absolute Gasteiger partial charge is 0.342 e. The number of amides is 2. The second-order valence-corrected chi connectivity index (χ2v) is 12.9. The van der Waals surface area contributed by atoms with Crippen molar-refractivity contribution >= 4 is 44.8 Å². The summed E-state index contributed by atoms with van der Waals surface area (Å²) in [5, 5.41) is -0.131. The molecule has 0 radical (unpaired) electrons. The Hall–Kier alpha value is -4.14. The molecule has 1 saturated carbocycles. The van der Waals surface area contributed by atoms with E-state index in [1.807, 2.05) is 84.7 Å². The third-order valence-electron chi connectivity index (χ3n) is 8.62. The van der Waals surface area contributed by atoms with Crippen molar-refractivity contribution in [1.82, 2.24) is 14.8 Å². The van der Waals surface area contributed by atoms with Crippen LogP contribution in [0.2, 0.25) is 5.02 Å². The van der Waals surface area contributed by atoms with Gasteiger partial charge in [-0.25, -0.2) is 8.78 Å². The van der Waals surface area contributed by atoms with E-state index < -0.39 is 11.6 Å². The first kappa shape index (κ1) is 30.9. The highest BCUT2D eigenvalue weighted by atomic mass is 35.5. The van der Waals surface area contributed by atoms with Crippen LogP contribution in [0.4, 0.5) is 8.78 Å². The van der Waals surface area contributed by atoms with E-state index in [-0.39, 0.29) is 50.4 Å². The number of rotatable bonds is 8. The molecule has 1 aliphatic rings. The third kappa shape index (κ3) is 6.63. The number of aromatic nitrogens is 1. The lowest BCUT2D eigenvalue weighted by Gasteiger charge is -2.39. The van der Waals surface area contributed by atoms with Crippen molar-refractivity contribution in [1.29, 1.82) is 0 Å². The quantitative estimate of drug-likeness (QED) is 0.170. The summed E-state index contributed by atoms with van der Waals surface area (Å²) in [6.07, 6.45) is 4.87. The standard InChI is InChI=1S/C36H32ClF2N3O2S/c1-41(31(43)21-23-8-3-2-4-9-23)26-13-15-27(16-14-26)42(22-24-10-7-11-25(20-24)30-12-5-6-19-40-30)36(44)35-33(37)32-28(38)17-18-29(39)34(32)45-35/h2-12,17-20,26-27H,13-16,21-22H2,1H3. The van der Waals surface area contributed by atoms with Gasteiger partial charge < -0.3 is 9.80 Å². The van der Waals surface area contributed by atoms with Crippen LogP contribution in [0.15, 0.2) is 91.1 Å². The summed E-state index contributed by atoms with van der Waals surface area (Å²) in [4.78, 5) is 35.5. The summed E-state index contributed by atoms with van der Waals surface area (Å²) in [6, 6.07) is 25.3. The lowest BCUT2D eigenvalue weighted by molar-refractivity contribution is -0.132. The van der Waals surface area contributed by atoms with Gasteiger partial charge in [-0.3, -0.25) is 14.6 Å². The van der Waals surface area contributed by atoms with Gasteiger partial charge >= 0.3 is 0 Å². The van der Waals surface area contributed by atoms with Gasteiger partial charge in [0.25, 0.3) is 5.91 Å². The Labute approximate surface area is 270 Å². The van der Waals surface area contributed by atoms with Crippen LogP contribution < -0.4 is 0 Å². The Morgan fingerprint density at radius 3 is 2.27 bits per heavy atom. The smallest absolute Gasteiger partial charge is 0.266 e. The average molecular weight is 644 g/mol. The molecule has 1 fully saturated rings. The van der Waals surface area contributed by atoms with Crippen LogP contribution in [-0.4, -0.2) is 45.7 Å². The van der Waals surface area contributed by atoms with Crippen LogP contribution in [-0.2, 0) is 17.8 Å². The molecule has 0 bridgehead atoms. The van der Waals surface area contributed by atoms with Crippen LogP contribution in [0.3, 0.4) is 0 Å². The lowest BCUT2D eigenvalue weighted by Crippen LogP contribution is -2.46. The topological polar surface area (TPSA) is 53.5 Å². The number of carbonyl (C=O) groups excluding carboxylic acids is 2. The van der Waals surface area contributed by atoms with E-state index in [0.29, 0.717) is 19.3 Å². The molecule has 0 unspecified atom stereocenters. The van der Waals surface area contributed by atoms with Crippen molar-refractivity contribution in [3.63, 3.8) is 0 Å². The van der Waals surface area contributed by atoms with Crippen molar-refractivity contribution in [2.24, 2.45) is 0 Å². The molecule has 0 N–H and O–H groups in total. The average Bonchev–Trinajstić information content (AvgIpc) is 3.44. The molecule has 9 heteroatoms. The van der Waals surface area contributed by atoms with Crippen LogP contribution in [0.1, 0.15) is 46.5 Å². The fourth-order valence-corrected chi connectivity index (χ4v) is 7.65. The van der Waals surface area contributed by atoms with Crippen LogP contribution in [0.25, 0.3) is 21.3 Å². The minimum absolute atomic E-state index is 0.0303. The maximum Gasteiger partial charge on any atom is 0.266 e. The third-order valence-corrected chi connectivity index (χ3v) is 10.3. The van der Waals surface area contributed by atoms with Crippen molar-refractivity contribution in [3.05, 3.63) is 124 Å². The highest BCUT2D eigenvalue weighted by Gasteiger charge is 2.34. The van der Waals surface area contributed by atoms with Crippen molar-refractivity contribution in [2.45, 2.75) is 50.7 Å². The number of likely N-dealkylation sites (N-methyl/N-ethyl adjacent to an activating group) is 1. The zero-order valence-electron chi connectivity index (χ0n) is 24.8. The normalized spacial score (nSPS) is 16.4. The van der Waals surface area contributed by atoms with Gasteiger partial charge in [-0.15, -0.1) is 11.3 Å². The van der Waals surface area contributed by atoms with E-state index >= 15 is 0 Å². The Bertz CT molecular complexity index is 1820. The van der Waals surface area contributed by atoms with Gasteiger partial charge in [-0.05, 0) is 67.1 Å². The highest BCUT2D eigenvalue weighted by molar-refractivity contribution is 7.21. The van der Waals surface area contributed by atoms with Crippen LogP contribution in [0, 0.1) is 11.6 Å². The van der Waals surface area contributed by atoms with E-state index in [1.165, 1.54) is 0 Å². The molecule has 2 amide bonds. The maximum atomic E-state index is 14.7. The van der Waals surface area contributed by atoms with Crippen LogP contribution >= 0.6 is 22.9 Å². The number of benzene rings is 3. The molecular weight excluding hydrogens is 612 g/mol. The van der Waals surface area contributed by atoms with E-state index in [1.54, 1.807) is 11.1 Å². The minimum Gasteiger partial charge on any atom is -0.342 e. The van der Waals surface area contributed by atoms with Gasteiger partial charge in [0, 0.05) is 37.4 Å². The molecule has 45 heavy (non-hydrogen) atoms. The summed E-state index contributed by atoms with van der Waals surface area (Å²) in [6.45, 7) is 0.285. The lowest BCUT2D eigenvalue weighted by atomic mass is 9.88. The first-order chi connectivity index (χ1) is 21.8. The monoisotopic (exact) mass is 643 g/mol. The van der Waals surface area contributed by atoms with Gasteiger partial charge in [0.2, 0.25) is 5.91 Å². The van der Waals surface area contributed by atoms with E-state index in [4.69, 9.17) is 11.6 Å². The summed E-state index contributed by atoms with van der Waals surface area (Å²) in [5.41, 5.74) is 3.62. The molecule has 0 aliphatic heterocycles. The second kappa shape index (κ2) is 13.5. The van der Waals surface area contributed by atoms with Crippen LogP contribution in [0.5, 0.6) is 0 Å². The van der Waals surface area contributed by atoms with E-state index in [2.05, 4.69) is 4.98 Å². The van der Waals surface area contributed by atoms with Gasteiger partial charge in [-0.1, -0.05) is 66.2 Å². The van der Waals surface area contributed by atoms with Gasteiger partial charge in [-0.2, -0.15) is 0 Å². The van der Waals surface area contributed by atoms with Gasteiger partial charge in [0.15, 0.2) is 0 Å². The summed E-state index contributed by atoms with van der Waals surface area (Å²) in [7, 11) is 1.85. The molecule has 0 atom stereocenters. The zero-order valence-corrected chi connectivity index (χ0v) is 26.3. The molecule has 2 heterocycles. The SMILES string of the molecule is CN(C(=O)Cc1ccccc1)C1CCC(N(Cc2cccc(-c3ccccn3)c2)C(=O)c2sc3c(F)ccc(F)c3c2Cl)CC1. The van der Waals surface area contributed by atoms with E-state index in [0.717, 1.165) is 58.7 Å². The number of carbonyl (C=O) groups is 2. The molecule has 0 spiro atoms. The van der Waals surface area contributed by atoms with E-state index in [9.17, 15) is 18.4 Å². The summed E-state index contributed by atoms with van der Waals surface area (Å²) >= 11 is 7.48. The second-order valence-electron chi connectivity index (χ2n) is 11.5. The predicted molar refractivity (Wildman–Crippen MR) is 175 cm³/mol. The minimum atomic E-state index is -0.662. The molecule has 6 rings (SSSR count). The fourth-order valence-electron chi connectivity index (χ4n) is 6.15. The molecule has 2 aromatic heterocycles. The molecule has 5 aromatic rings. The van der Waals surface area contributed by atoms with Crippen molar-refractivity contribution < 1.29 is 18.4 Å². The molecule has 3 aromatic carbocycles. The number of thiophene rings is 1. The number of hydrogen-bond donors (Lipinski definition) is 0. The molecule has 5 nitrogen and oxygen atoms in total. The number of hydrogen-bond acceptors (Lipinski definition) is 4. The predicted octanol–water partition coefficient (Wildman–Crippen LogP) is 8.55. The van der Waals surface area contributed by atoms with Crippen molar-refractivity contribution in [3.8, 4) is 11.3 Å². The summed E-state index contributed by atoms with van der Waals surface area (Å²) in [5.74, 6) is -1.58. The van der Waals surface area contributed by atoms with Gasteiger partial charge in [0.05, 0.1) is 27.2 Å². The van der Waals surface area contributed by atoms with Crippen molar-refractivity contribution in [2.75, 3.05) is 7.05 Å². The Kier molecular flexibility index (Phi) is 9.24. The Morgan fingerprint density at radius 2 is 1.56 bits per heavy atom. The zero-order chi connectivity index (χ0) is 31.5. The number of nitrogens with zero attached hydrogens (tertiary/aromatic N) is 3. The number of pyridine rings is 1. The number of fused-ring (bicyclic) bond motifs is 1. The first-order valence-corrected chi connectivity index (χ1v) is 16.2. The molecule has 0 saturated heterocycles. The molecular formula is C36H32ClF2N3O2S. The van der Waals surface area contributed by atoms with Gasteiger partial charge in [0.1, 0.15) is 16.5 Å². The maximum absolute atomic E-state index is 14.7. The molecule has 1 aliphatic carbocycles. The fraction of sp³-hybridized carbons (Fsp3) is 0.250. The molecule has 230 valence electrons.